The summed E-state index contributed by atoms with van der Waals surface area (Å²) >= 11 is 5.47. The molecule has 1 aliphatic rings. The molecule has 2 rings (SSSR count). The average Bonchev–Trinajstić information content (AvgIpc) is 3.27. The fourth-order valence-corrected chi connectivity index (χ4v) is 2.11. The van der Waals surface area contributed by atoms with Crippen LogP contribution in [0.4, 0.5) is 8.78 Å². The van der Waals surface area contributed by atoms with Gasteiger partial charge in [0.05, 0.1) is 10.6 Å². The number of amidine groups is 1. The molecule has 0 spiro atoms. The predicted octanol–water partition coefficient (Wildman–Crippen LogP) is 2.36. The maximum absolute atomic E-state index is 13.8. The van der Waals surface area contributed by atoms with Crippen LogP contribution >= 0.6 is 11.6 Å². The lowest BCUT2D eigenvalue weighted by Crippen LogP contribution is -2.36. The smallest absolute Gasteiger partial charge is 0.257 e. The Morgan fingerprint density at radius 3 is 2.67 bits per heavy atom. The number of nitrogens with zero attached hydrogens (tertiary/aromatic N) is 2. The minimum absolute atomic E-state index is 0.0258. The third-order valence-electron chi connectivity index (χ3n) is 3.23. The SMILES string of the molecule is N/C(CCN(C(=O)c1cc(F)c(Cl)cc1F)C1CC1)=N/O. The van der Waals surface area contributed by atoms with Crippen molar-refractivity contribution in [2.24, 2.45) is 10.9 Å². The van der Waals surface area contributed by atoms with Gasteiger partial charge in [0, 0.05) is 19.0 Å². The fraction of sp³-hybridized carbons (Fsp3) is 0.385. The summed E-state index contributed by atoms with van der Waals surface area (Å²) in [5.74, 6) is -2.39. The lowest BCUT2D eigenvalue weighted by atomic mass is 10.1. The van der Waals surface area contributed by atoms with Crippen molar-refractivity contribution in [3.05, 3.63) is 34.4 Å². The summed E-state index contributed by atoms with van der Waals surface area (Å²) in [6, 6.07) is 1.54. The summed E-state index contributed by atoms with van der Waals surface area (Å²) in [4.78, 5) is 13.8. The molecule has 1 amide bonds. The Balaban J connectivity index is 2.20. The number of oxime groups is 1. The molecule has 1 fully saturated rings. The van der Waals surface area contributed by atoms with Gasteiger partial charge in [0.15, 0.2) is 0 Å². The maximum atomic E-state index is 13.8. The zero-order chi connectivity index (χ0) is 15.6. The van der Waals surface area contributed by atoms with E-state index in [2.05, 4.69) is 5.16 Å². The van der Waals surface area contributed by atoms with Crippen molar-refractivity contribution >= 4 is 23.3 Å². The molecule has 0 saturated heterocycles. The third kappa shape index (κ3) is 3.60. The van der Waals surface area contributed by atoms with Crippen molar-refractivity contribution in [2.45, 2.75) is 25.3 Å². The highest BCUT2D eigenvalue weighted by atomic mass is 35.5. The molecule has 0 heterocycles. The zero-order valence-corrected chi connectivity index (χ0v) is 11.8. The fourth-order valence-electron chi connectivity index (χ4n) is 1.96. The van der Waals surface area contributed by atoms with Crippen LogP contribution in [0.15, 0.2) is 17.3 Å². The predicted molar refractivity (Wildman–Crippen MR) is 73.5 cm³/mol. The average molecular weight is 318 g/mol. The minimum Gasteiger partial charge on any atom is -0.409 e. The number of halogens is 3. The normalized spacial score (nSPS) is 15.1. The van der Waals surface area contributed by atoms with Gasteiger partial charge in [-0.05, 0) is 25.0 Å². The first kappa shape index (κ1) is 15.5. The minimum atomic E-state index is -0.874. The van der Waals surface area contributed by atoms with Crippen molar-refractivity contribution in [3.8, 4) is 0 Å². The van der Waals surface area contributed by atoms with E-state index in [0.29, 0.717) is 0 Å². The molecule has 5 nitrogen and oxygen atoms in total. The molecule has 21 heavy (non-hydrogen) atoms. The molecule has 0 radical (unpaired) electrons. The molecular formula is C13H14ClF2N3O2. The summed E-state index contributed by atoms with van der Waals surface area (Å²) in [7, 11) is 0. The monoisotopic (exact) mass is 317 g/mol. The maximum Gasteiger partial charge on any atom is 0.257 e. The zero-order valence-electron chi connectivity index (χ0n) is 11.0. The van der Waals surface area contributed by atoms with Gasteiger partial charge in [-0.15, -0.1) is 0 Å². The van der Waals surface area contributed by atoms with Crippen LogP contribution in [-0.2, 0) is 0 Å². The van der Waals surface area contributed by atoms with E-state index in [9.17, 15) is 13.6 Å². The summed E-state index contributed by atoms with van der Waals surface area (Å²) in [6.45, 7) is 0.170. The van der Waals surface area contributed by atoms with Crippen LogP contribution in [0.1, 0.15) is 29.6 Å². The standard InChI is InChI=1S/C13H14ClF2N3O2/c14-9-6-10(15)8(5-11(9)16)13(20)19(7-1-2-7)4-3-12(17)18-21/h5-7,21H,1-4H2,(H2,17,18). The van der Waals surface area contributed by atoms with E-state index < -0.39 is 17.5 Å². The molecule has 8 heteroatoms. The molecule has 1 saturated carbocycles. The number of rotatable bonds is 5. The molecule has 1 aromatic carbocycles. The summed E-state index contributed by atoms with van der Waals surface area (Å²) in [5, 5.41) is 10.9. The summed E-state index contributed by atoms with van der Waals surface area (Å²) < 4.78 is 27.2. The lowest BCUT2D eigenvalue weighted by molar-refractivity contribution is 0.0742. The number of benzene rings is 1. The van der Waals surface area contributed by atoms with Gasteiger partial charge in [-0.25, -0.2) is 8.78 Å². The Morgan fingerprint density at radius 2 is 2.10 bits per heavy atom. The third-order valence-corrected chi connectivity index (χ3v) is 3.52. The molecule has 1 aromatic rings. The van der Waals surface area contributed by atoms with E-state index in [1.807, 2.05) is 0 Å². The summed E-state index contributed by atoms with van der Waals surface area (Å²) in [6.07, 6.45) is 1.73. The van der Waals surface area contributed by atoms with Crippen LogP contribution in [0.2, 0.25) is 5.02 Å². The molecule has 3 N–H and O–H groups in total. The van der Waals surface area contributed by atoms with Gasteiger partial charge in [0.25, 0.3) is 5.91 Å². The van der Waals surface area contributed by atoms with Gasteiger partial charge < -0.3 is 15.8 Å². The Hall–Kier alpha value is -1.89. The van der Waals surface area contributed by atoms with Crippen LogP contribution < -0.4 is 5.73 Å². The highest BCUT2D eigenvalue weighted by Gasteiger charge is 2.34. The first-order chi connectivity index (χ1) is 9.93. The largest absolute Gasteiger partial charge is 0.409 e. The van der Waals surface area contributed by atoms with Gasteiger partial charge in [-0.1, -0.05) is 16.8 Å². The number of hydrogen-bond donors (Lipinski definition) is 2. The van der Waals surface area contributed by atoms with E-state index in [1.165, 1.54) is 4.90 Å². The Bertz CT molecular complexity index is 591. The molecule has 0 aromatic heterocycles. The highest BCUT2D eigenvalue weighted by Crippen LogP contribution is 2.29. The van der Waals surface area contributed by atoms with E-state index in [4.69, 9.17) is 22.5 Å². The van der Waals surface area contributed by atoms with E-state index in [0.717, 1.165) is 25.0 Å². The first-order valence-corrected chi connectivity index (χ1v) is 6.73. The van der Waals surface area contributed by atoms with Gasteiger partial charge in [0.2, 0.25) is 0 Å². The van der Waals surface area contributed by atoms with Crippen LogP contribution in [0.5, 0.6) is 0 Å². The molecular weight excluding hydrogens is 304 g/mol. The molecule has 0 bridgehead atoms. The number of nitrogens with two attached hydrogens (primary N) is 1. The number of amides is 1. The van der Waals surface area contributed by atoms with Gasteiger partial charge in [0.1, 0.15) is 17.5 Å². The second-order valence-corrected chi connectivity index (χ2v) is 5.22. The van der Waals surface area contributed by atoms with Crippen LogP contribution in [0.25, 0.3) is 0 Å². The van der Waals surface area contributed by atoms with Gasteiger partial charge >= 0.3 is 0 Å². The number of carbonyl (C=O) groups is 1. The molecule has 0 aliphatic heterocycles. The highest BCUT2D eigenvalue weighted by molar-refractivity contribution is 6.30. The van der Waals surface area contributed by atoms with Crippen molar-refractivity contribution in [1.82, 2.24) is 4.90 Å². The Morgan fingerprint density at radius 1 is 1.43 bits per heavy atom. The molecule has 0 unspecified atom stereocenters. The van der Waals surface area contributed by atoms with Crippen LogP contribution in [0, 0.1) is 11.6 Å². The van der Waals surface area contributed by atoms with Crippen LogP contribution in [-0.4, -0.2) is 34.4 Å². The van der Waals surface area contributed by atoms with Crippen molar-refractivity contribution < 1.29 is 18.8 Å². The molecule has 0 atom stereocenters. The van der Waals surface area contributed by atoms with E-state index >= 15 is 0 Å². The quantitative estimate of drug-likeness (QED) is 0.288. The first-order valence-electron chi connectivity index (χ1n) is 6.36. The molecule has 114 valence electrons. The number of carbonyl (C=O) groups excluding carboxylic acids is 1. The van der Waals surface area contributed by atoms with Gasteiger partial charge in [-0.3, -0.25) is 4.79 Å². The second-order valence-electron chi connectivity index (χ2n) is 4.82. The van der Waals surface area contributed by atoms with Gasteiger partial charge in [-0.2, -0.15) is 0 Å². The van der Waals surface area contributed by atoms with Crippen molar-refractivity contribution in [1.29, 1.82) is 0 Å². The topological polar surface area (TPSA) is 78.9 Å². The second kappa shape index (κ2) is 6.26. The van der Waals surface area contributed by atoms with Crippen molar-refractivity contribution in [3.63, 3.8) is 0 Å². The van der Waals surface area contributed by atoms with E-state index in [-0.39, 0.29) is 35.4 Å². The Labute approximate surface area is 125 Å². The lowest BCUT2D eigenvalue weighted by Gasteiger charge is -2.22. The summed E-state index contributed by atoms with van der Waals surface area (Å²) in [5.41, 5.74) is 4.99. The number of hydrogen-bond acceptors (Lipinski definition) is 3. The van der Waals surface area contributed by atoms with Crippen molar-refractivity contribution in [2.75, 3.05) is 6.54 Å². The van der Waals surface area contributed by atoms with Crippen LogP contribution in [0.3, 0.4) is 0 Å². The van der Waals surface area contributed by atoms with E-state index in [1.54, 1.807) is 0 Å². The Kier molecular flexibility index (Phi) is 4.62. The molecule has 1 aliphatic carbocycles.